The van der Waals surface area contributed by atoms with Crippen LogP contribution < -0.4 is 5.32 Å². The summed E-state index contributed by atoms with van der Waals surface area (Å²) in [6.07, 6.45) is 7.87. The summed E-state index contributed by atoms with van der Waals surface area (Å²) in [4.78, 5) is 22.7. The lowest BCUT2D eigenvalue weighted by molar-refractivity contribution is -0.121. The first kappa shape index (κ1) is 15.6. The normalized spacial score (nSPS) is 15.9. The fourth-order valence-electron chi connectivity index (χ4n) is 2.93. The Kier molecular flexibility index (Phi) is 5.42. The molecule has 1 saturated carbocycles. The number of carbonyl (C=O) groups excluding carboxylic acids is 1. The van der Waals surface area contributed by atoms with Crippen LogP contribution in [0.4, 0.5) is 0 Å². The minimum atomic E-state index is -1.01. The van der Waals surface area contributed by atoms with Gasteiger partial charge in [-0.2, -0.15) is 0 Å². The van der Waals surface area contributed by atoms with Crippen LogP contribution >= 0.6 is 0 Å². The van der Waals surface area contributed by atoms with Crippen molar-refractivity contribution in [3.63, 3.8) is 0 Å². The fraction of sp³-hybridized carbons (Fsp3) is 0.625. The van der Waals surface area contributed by atoms with Gasteiger partial charge in [-0.25, -0.2) is 4.79 Å². The second-order valence-corrected chi connectivity index (χ2v) is 5.81. The third kappa shape index (κ3) is 4.62. The highest BCUT2D eigenvalue weighted by molar-refractivity contribution is 5.88. The molecule has 21 heavy (non-hydrogen) atoms. The van der Waals surface area contributed by atoms with Crippen molar-refractivity contribution in [2.24, 2.45) is 5.92 Å². The number of carbonyl (C=O) groups is 2. The van der Waals surface area contributed by atoms with E-state index in [2.05, 4.69) is 5.32 Å². The van der Waals surface area contributed by atoms with E-state index in [1.807, 2.05) is 0 Å². The fourth-order valence-corrected chi connectivity index (χ4v) is 2.93. The predicted octanol–water partition coefficient (Wildman–Crippen LogP) is 3.26. The lowest BCUT2D eigenvalue weighted by Gasteiger charge is -2.20. The molecule has 2 rings (SSSR count). The van der Waals surface area contributed by atoms with Gasteiger partial charge in [-0.1, -0.05) is 32.1 Å². The monoisotopic (exact) mass is 293 g/mol. The van der Waals surface area contributed by atoms with Crippen molar-refractivity contribution < 1.29 is 19.1 Å². The number of hydrogen-bond acceptors (Lipinski definition) is 3. The zero-order valence-electron chi connectivity index (χ0n) is 12.5. The van der Waals surface area contributed by atoms with Crippen molar-refractivity contribution in [3.8, 4) is 0 Å². The molecule has 1 fully saturated rings. The number of carboxylic acids is 1. The van der Waals surface area contributed by atoms with Gasteiger partial charge >= 0.3 is 5.97 Å². The van der Waals surface area contributed by atoms with Crippen molar-refractivity contribution in [1.29, 1.82) is 0 Å². The van der Waals surface area contributed by atoms with E-state index in [4.69, 9.17) is 9.52 Å². The van der Waals surface area contributed by atoms with Crippen LogP contribution in [0.1, 0.15) is 66.8 Å². The van der Waals surface area contributed by atoms with Gasteiger partial charge in [-0.15, -0.1) is 0 Å². The quantitative estimate of drug-likeness (QED) is 0.843. The molecule has 0 bridgehead atoms. The van der Waals surface area contributed by atoms with Crippen molar-refractivity contribution in [2.45, 2.75) is 58.4 Å². The maximum absolute atomic E-state index is 11.8. The summed E-state index contributed by atoms with van der Waals surface area (Å²) in [6, 6.07) is 1.47. The van der Waals surface area contributed by atoms with E-state index in [-0.39, 0.29) is 18.0 Å². The van der Waals surface area contributed by atoms with Crippen LogP contribution in [-0.2, 0) is 11.3 Å². The van der Waals surface area contributed by atoms with E-state index >= 15 is 0 Å². The SMILES string of the molecule is Cc1oc(CNC(=O)CCC2CCCCC2)cc1C(=O)O. The molecule has 1 amide bonds. The Morgan fingerprint density at radius 1 is 1.33 bits per heavy atom. The molecule has 1 aliphatic carbocycles. The Labute approximate surface area is 124 Å². The van der Waals surface area contributed by atoms with E-state index in [9.17, 15) is 9.59 Å². The molecule has 1 aromatic rings. The van der Waals surface area contributed by atoms with Gasteiger partial charge in [0.25, 0.3) is 0 Å². The molecular weight excluding hydrogens is 270 g/mol. The number of aryl methyl sites for hydroxylation is 1. The van der Waals surface area contributed by atoms with E-state index in [1.54, 1.807) is 6.92 Å². The Hall–Kier alpha value is -1.78. The van der Waals surface area contributed by atoms with Crippen LogP contribution in [0.2, 0.25) is 0 Å². The standard InChI is InChI=1S/C16H23NO4/c1-11-14(16(19)20)9-13(21-11)10-17-15(18)8-7-12-5-3-2-4-6-12/h9,12H,2-8,10H2,1H3,(H,17,18)(H,19,20). The Morgan fingerprint density at radius 3 is 2.67 bits per heavy atom. The highest BCUT2D eigenvalue weighted by Gasteiger charge is 2.16. The topological polar surface area (TPSA) is 79.5 Å². The highest BCUT2D eigenvalue weighted by Crippen LogP contribution is 2.27. The lowest BCUT2D eigenvalue weighted by Crippen LogP contribution is -2.23. The molecule has 1 heterocycles. The molecule has 5 nitrogen and oxygen atoms in total. The van der Waals surface area contributed by atoms with E-state index < -0.39 is 5.97 Å². The van der Waals surface area contributed by atoms with E-state index in [0.29, 0.717) is 23.9 Å². The van der Waals surface area contributed by atoms with Gasteiger partial charge in [-0.05, 0) is 25.3 Å². The first-order chi connectivity index (χ1) is 10.1. The predicted molar refractivity (Wildman–Crippen MR) is 78.1 cm³/mol. The Bertz CT molecular complexity index is 500. The third-order valence-electron chi connectivity index (χ3n) is 4.16. The smallest absolute Gasteiger partial charge is 0.339 e. The molecule has 0 radical (unpaired) electrons. The molecule has 0 saturated heterocycles. The summed E-state index contributed by atoms with van der Waals surface area (Å²) in [6.45, 7) is 1.86. The summed E-state index contributed by atoms with van der Waals surface area (Å²) < 4.78 is 5.33. The van der Waals surface area contributed by atoms with Gasteiger partial charge in [0.05, 0.1) is 6.54 Å². The largest absolute Gasteiger partial charge is 0.478 e. The second-order valence-electron chi connectivity index (χ2n) is 5.81. The Morgan fingerprint density at radius 2 is 2.05 bits per heavy atom. The van der Waals surface area contributed by atoms with Crippen LogP contribution in [-0.4, -0.2) is 17.0 Å². The highest BCUT2D eigenvalue weighted by atomic mass is 16.4. The molecule has 0 atom stereocenters. The summed E-state index contributed by atoms with van der Waals surface area (Å²) in [5, 5.41) is 11.7. The maximum atomic E-state index is 11.8. The van der Waals surface area contributed by atoms with Gasteiger partial charge in [0.2, 0.25) is 5.91 Å². The number of hydrogen-bond donors (Lipinski definition) is 2. The molecule has 0 aliphatic heterocycles. The average molecular weight is 293 g/mol. The van der Waals surface area contributed by atoms with Crippen LogP contribution in [0, 0.1) is 12.8 Å². The first-order valence-corrected chi connectivity index (χ1v) is 7.65. The number of amides is 1. The number of aromatic carboxylic acids is 1. The summed E-state index contributed by atoms with van der Waals surface area (Å²) in [5.74, 6) is 0.538. The van der Waals surface area contributed by atoms with E-state index in [0.717, 1.165) is 6.42 Å². The third-order valence-corrected chi connectivity index (χ3v) is 4.16. The summed E-state index contributed by atoms with van der Waals surface area (Å²) in [5.41, 5.74) is 0.154. The van der Waals surface area contributed by atoms with Crippen LogP contribution in [0.25, 0.3) is 0 Å². The average Bonchev–Trinajstić information content (AvgIpc) is 2.85. The number of carboxylic acid groups (broad SMARTS) is 1. The van der Waals surface area contributed by atoms with Gasteiger partial charge in [0.1, 0.15) is 17.1 Å². The lowest BCUT2D eigenvalue weighted by atomic mass is 9.86. The number of rotatable bonds is 6. The van der Waals surface area contributed by atoms with Gasteiger partial charge < -0.3 is 14.8 Å². The molecule has 0 aromatic carbocycles. The molecule has 116 valence electrons. The molecule has 0 unspecified atom stereocenters. The van der Waals surface area contributed by atoms with Crippen molar-refractivity contribution in [3.05, 3.63) is 23.2 Å². The van der Waals surface area contributed by atoms with Crippen LogP contribution in [0.15, 0.2) is 10.5 Å². The van der Waals surface area contributed by atoms with Crippen LogP contribution in [0.5, 0.6) is 0 Å². The minimum absolute atomic E-state index is 0.00602. The summed E-state index contributed by atoms with van der Waals surface area (Å²) >= 11 is 0. The second kappa shape index (κ2) is 7.29. The van der Waals surface area contributed by atoms with Gasteiger partial charge in [-0.3, -0.25) is 4.79 Å². The molecule has 1 aromatic heterocycles. The van der Waals surface area contributed by atoms with Gasteiger partial charge in [0, 0.05) is 6.42 Å². The van der Waals surface area contributed by atoms with Crippen molar-refractivity contribution in [2.75, 3.05) is 0 Å². The first-order valence-electron chi connectivity index (χ1n) is 7.65. The van der Waals surface area contributed by atoms with Crippen LogP contribution in [0.3, 0.4) is 0 Å². The molecular formula is C16H23NO4. The minimum Gasteiger partial charge on any atom is -0.478 e. The zero-order valence-corrected chi connectivity index (χ0v) is 12.5. The number of furan rings is 1. The molecule has 5 heteroatoms. The summed E-state index contributed by atoms with van der Waals surface area (Å²) in [7, 11) is 0. The molecule has 0 spiro atoms. The molecule has 1 aliphatic rings. The van der Waals surface area contributed by atoms with E-state index in [1.165, 1.54) is 38.2 Å². The van der Waals surface area contributed by atoms with Gasteiger partial charge in [0.15, 0.2) is 0 Å². The Balaban J connectivity index is 1.73. The zero-order chi connectivity index (χ0) is 15.2. The van der Waals surface area contributed by atoms with Crippen molar-refractivity contribution >= 4 is 11.9 Å². The number of nitrogens with one attached hydrogen (secondary N) is 1. The van der Waals surface area contributed by atoms with Crippen molar-refractivity contribution in [1.82, 2.24) is 5.32 Å². The maximum Gasteiger partial charge on any atom is 0.339 e. The molecule has 2 N–H and O–H groups in total.